The lowest BCUT2D eigenvalue weighted by molar-refractivity contribution is 0.112. The van der Waals surface area contributed by atoms with Crippen molar-refractivity contribution in [2.24, 2.45) is 0 Å². The van der Waals surface area contributed by atoms with Crippen LogP contribution in [0.1, 0.15) is 15.2 Å². The quantitative estimate of drug-likeness (QED) is 0.732. The average molecular weight is 224 g/mol. The van der Waals surface area contributed by atoms with Crippen molar-refractivity contribution < 1.29 is 13.9 Å². The zero-order chi connectivity index (χ0) is 11.0. The molecular weight excluding hydrogens is 215 g/mol. The summed E-state index contributed by atoms with van der Waals surface area (Å²) in [6.07, 6.45) is 0.789. The van der Waals surface area contributed by atoms with Crippen molar-refractivity contribution in [2.75, 3.05) is 7.11 Å². The molecule has 0 fully saturated rings. The number of thiophene rings is 1. The topological polar surface area (TPSA) is 26.3 Å². The molecule has 2 rings (SSSR count). The second kappa shape index (κ2) is 3.62. The van der Waals surface area contributed by atoms with Crippen LogP contribution < -0.4 is 4.74 Å². The Morgan fingerprint density at radius 1 is 1.47 bits per heavy atom. The first-order chi connectivity index (χ1) is 7.19. The third kappa shape index (κ3) is 1.41. The molecule has 2 aromatic rings. The maximum absolute atomic E-state index is 13.4. The molecule has 0 bridgehead atoms. The van der Waals surface area contributed by atoms with E-state index in [1.165, 1.54) is 24.5 Å². The van der Waals surface area contributed by atoms with Crippen molar-refractivity contribution in [1.29, 1.82) is 0 Å². The Morgan fingerprint density at radius 2 is 2.20 bits per heavy atom. The van der Waals surface area contributed by atoms with Gasteiger partial charge in [0.25, 0.3) is 0 Å². The van der Waals surface area contributed by atoms with Crippen LogP contribution in [0.5, 0.6) is 5.75 Å². The molecule has 0 aliphatic heterocycles. The molecule has 0 saturated carbocycles. The number of methoxy groups -OCH3 is 1. The third-order valence-corrected chi connectivity index (χ3v) is 3.59. The fraction of sp³-hybridized carbons (Fsp3) is 0.182. The number of aryl methyl sites for hydroxylation is 1. The Kier molecular flexibility index (Phi) is 2.44. The zero-order valence-electron chi connectivity index (χ0n) is 8.33. The van der Waals surface area contributed by atoms with Crippen molar-refractivity contribution in [1.82, 2.24) is 0 Å². The highest BCUT2D eigenvalue weighted by atomic mass is 32.1. The predicted molar refractivity (Wildman–Crippen MR) is 58.5 cm³/mol. The molecule has 0 aliphatic carbocycles. The van der Waals surface area contributed by atoms with Gasteiger partial charge in [-0.05, 0) is 18.6 Å². The number of benzene rings is 1. The first kappa shape index (κ1) is 10.1. The standard InChI is InChI=1S/C11H9FO2S/c1-6-7-3-4-8(12)10(14-2)11(7)15-9(6)5-13/h3-5H,1-2H3. The maximum atomic E-state index is 13.4. The summed E-state index contributed by atoms with van der Waals surface area (Å²) < 4.78 is 19.0. The first-order valence-electron chi connectivity index (χ1n) is 4.39. The minimum atomic E-state index is -0.399. The largest absolute Gasteiger partial charge is 0.492 e. The third-order valence-electron chi connectivity index (χ3n) is 2.36. The Labute approximate surface area is 90.3 Å². The highest BCUT2D eigenvalue weighted by Crippen LogP contribution is 2.37. The van der Waals surface area contributed by atoms with E-state index >= 15 is 0 Å². The van der Waals surface area contributed by atoms with Gasteiger partial charge in [0.1, 0.15) is 0 Å². The summed E-state index contributed by atoms with van der Waals surface area (Å²) in [5, 5.41) is 0.875. The molecule has 1 aromatic heterocycles. The molecule has 2 nitrogen and oxygen atoms in total. The lowest BCUT2D eigenvalue weighted by atomic mass is 10.1. The normalized spacial score (nSPS) is 10.6. The number of carbonyl (C=O) groups is 1. The van der Waals surface area contributed by atoms with E-state index in [1.807, 2.05) is 6.92 Å². The summed E-state index contributed by atoms with van der Waals surface area (Å²) in [6.45, 7) is 1.85. The zero-order valence-corrected chi connectivity index (χ0v) is 9.15. The molecule has 0 spiro atoms. The van der Waals surface area contributed by atoms with Crippen molar-refractivity contribution in [2.45, 2.75) is 6.92 Å². The number of hydrogen-bond acceptors (Lipinski definition) is 3. The molecule has 0 N–H and O–H groups in total. The van der Waals surface area contributed by atoms with Gasteiger partial charge < -0.3 is 4.74 Å². The number of rotatable bonds is 2. The van der Waals surface area contributed by atoms with Gasteiger partial charge >= 0.3 is 0 Å². The summed E-state index contributed by atoms with van der Waals surface area (Å²) in [5.41, 5.74) is 0.878. The highest BCUT2D eigenvalue weighted by molar-refractivity contribution is 7.21. The van der Waals surface area contributed by atoms with Crippen LogP contribution in [0.25, 0.3) is 10.1 Å². The number of fused-ring (bicyclic) bond motifs is 1. The summed E-state index contributed by atoms with van der Waals surface area (Å²) in [4.78, 5) is 11.4. The molecule has 15 heavy (non-hydrogen) atoms. The van der Waals surface area contributed by atoms with Gasteiger partial charge in [0.05, 0.1) is 16.7 Å². The second-order valence-corrected chi connectivity index (χ2v) is 4.22. The van der Waals surface area contributed by atoms with E-state index in [9.17, 15) is 9.18 Å². The van der Waals surface area contributed by atoms with Crippen molar-refractivity contribution in [3.8, 4) is 5.75 Å². The molecule has 0 saturated heterocycles. The van der Waals surface area contributed by atoms with Crippen LogP contribution in [0.4, 0.5) is 4.39 Å². The molecule has 0 aliphatic rings. The van der Waals surface area contributed by atoms with Crippen LogP contribution in [0.2, 0.25) is 0 Å². The monoisotopic (exact) mass is 224 g/mol. The van der Waals surface area contributed by atoms with Crippen molar-refractivity contribution >= 4 is 27.7 Å². The van der Waals surface area contributed by atoms with E-state index in [-0.39, 0.29) is 5.75 Å². The van der Waals surface area contributed by atoms with Crippen LogP contribution in [-0.2, 0) is 0 Å². The van der Waals surface area contributed by atoms with E-state index in [1.54, 1.807) is 6.07 Å². The van der Waals surface area contributed by atoms with Gasteiger partial charge in [0, 0.05) is 5.39 Å². The second-order valence-electron chi connectivity index (χ2n) is 3.17. The molecule has 0 unspecified atom stereocenters. The molecule has 0 radical (unpaired) electrons. The SMILES string of the molecule is COc1c(F)ccc2c(C)c(C=O)sc12. The van der Waals surface area contributed by atoms with Crippen LogP contribution >= 0.6 is 11.3 Å². The fourth-order valence-electron chi connectivity index (χ4n) is 1.56. The van der Waals surface area contributed by atoms with E-state index in [2.05, 4.69) is 0 Å². The number of carbonyl (C=O) groups excluding carboxylic acids is 1. The molecule has 1 aromatic carbocycles. The number of hydrogen-bond donors (Lipinski definition) is 0. The molecular formula is C11H9FO2S. The maximum Gasteiger partial charge on any atom is 0.172 e. The van der Waals surface area contributed by atoms with Gasteiger partial charge in [-0.1, -0.05) is 6.07 Å². The predicted octanol–water partition coefficient (Wildman–Crippen LogP) is 3.17. The van der Waals surface area contributed by atoms with Gasteiger partial charge in [-0.2, -0.15) is 0 Å². The molecule has 0 atom stereocenters. The Bertz CT molecular complexity index is 531. The van der Waals surface area contributed by atoms with Gasteiger partial charge in [-0.3, -0.25) is 4.79 Å². The fourth-order valence-corrected chi connectivity index (χ4v) is 2.69. The van der Waals surface area contributed by atoms with Crippen LogP contribution in [0.15, 0.2) is 12.1 Å². The molecule has 1 heterocycles. The number of aldehydes is 1. The van der Waals surface area contributed by atoms with E-state index < -0.39 is 5.82 Å². The lowest BCUT2D eigenvalue weighted by Crippen LogP contribution is -1.87. The van der Waals surface area contributed by atoms with Crippen LogP contribution in [0, 0.1) is 12.7 Å². The Morgan fingerprint density at radius 3 is 2.80 bits per heavy atom. The first-order valence-corrected chi connectivity index (χ1v) is 5.21. The number of ether oxygens (including phenoxy) is 1. The Balaban J connectivity index is 2.87. The molecule has 4 heteroatoms. The summed E-state index contributed by atoms with van der Waals surface area (Å²) >= 11 is 1.26. The average Bonchev–Trinajstić information content (AvgIpc) is 2.55. The van der Waals surface area contributed by atoms with E-state index in [0.717, 1.165) is 17.2 Å². The summed E-state index contributed by atoms with van der Waals surface area (Å²) in [6, 6.07) is 3.03. The van der Waals surface area contributed by atoms with Gasteiger partial charge in [0.15, 0.2) is 17.9 Å². The van der Waals surface area contributed by atoms with E-state index in [4.69, 9.17) is 4.74 Å². The van der Waals surface area contributed by atoms with Gasteiger partial charge in [0.2, 0.25) is 0 Å². The van der Waals surface area contributed by atoms with Gasteiger partial charge in [-0.25, -0.2) is 4.39 Å². The minimum absolute atomic E-state index is 0.216. The Hall–Kier alpha value is -1.42. The van der Waals surface area contributed by atoms with Crippen LogP contribution in [0.3, 0.4) is 0 Å². The summed E-state index contributed by atoms with van der Waals surface area (Å²) in [7, 11) is 1.42. The molecule has 0 amide bonds. The minimum Gasteiger partial charge on any atom is -0.492 e. The smallest absolute Gasteiger partial charge is 0.172 e. The van der Waals surface area contributed by atoms with E-state index in [0.29, 0.717) is 9.58 Å². The van der Waals surface area contributed by atoms with Gasteiger partial charge in [-0.15, -0.1) is 11.3 Å². The summed E-state index contributed by atoms with van der Waals surface area (Å²) in [5.74, 6) is -0.183. The molecule has 78 valence electrons. The van der Waals surface area contributed by atoms with Crippen molar-refractivity contribution in [3.63, 3.8) is 0 Å². The van der Waals surface area contributed by atoms with Crippen molar-refractivity contribution in [3.05, 3.63) is 28.4 Å². The van der Waals surface area contributed by atoms with Crippen LogP contribution in [-0.4, -0.2) is 13.4 Å². The number of halogens is 1. The highest BCUT2D eigenvalue weighted by Gasteiger charge is 2.14. The lowest BCUT2D eigenvalue weighted by Gasteiger charge is -2.02.